The van der Waals surface area contributed by atoms with Crippen molar-refractivity contribution in [2.45, 2.75) is 6.04 Å². The van der Waals surface area contributed by atoms with E-state index in [2.05, 4.69) is 28.0 Å². The van der Waals surface area contributed by atoms with Gasteiger partial charge in [-0.1, -0.05) is 24.3 Å². The molecule has 3 N–H and O–H groups in total. The van der Waals surface area contributed by atoms with Gasteiger partial charge in [-0.25, -0.2) is 14.2 Å². The van der Waals surface area contributed by atoms with Gasteiger partial charge in [-0.15, -0.1) is 0 Å². The molecule has 0 bridgehead atoms. The molecule has 94 valence electrons. The monoisotopic (exact) mass is 360 g/mol. The molecule has 0 fully saturated rings. The van der Waals surface area contributed by atoms with E-state index in [-0.39, 0.29) is 5.56 Å². The maximum absolute atomic E-state index is 13.8. The lowest BCUT2D eigenvalue weighted by Gasteiger charge is -2.19. The smallest absolute Gasteiger partial charge is 0.131 e. The molecule has 0 aliphatic carbocycles. The quantitative estimate of drug-likeness (QED) is 0.502. The van der Waals surface area contributed by atoms with E-state index in [0.29, 0.717) is 0 Å². The second-order valence-corrected chi connectivity index (χ2v) is 4.92. The summed E-state index contributed by atoms with van der Waals surface area (Å²) in [5.74, 6) is 4.23. The SMILES string of the molecule is NNC(c1ccccc1I)c1c(F)cccc1F. The highest BCUT2D eigenvalue weighted by Crippen LogP contribution is 2.29. The van der Waals surface area contributed by atoms with E-state index in [0.717, 1.165) is 9.13 Å². The molecule has 2 rings (SSSR count). The summed E-state index contributed by atoms with van der Waals surface area (Å²) in [5.41, 5.74) is 3.15. The average molecular weight is 360 g/mol. The normalized spacial score (nSPS) is 12.4. The van der Waals surface area contributed by atoms with Gasteiger partial charge >= 0.3 is 0 Å². The van der Waals surface area contributed by atoms with Crippen LogP contribution in [-0.4, -0.2) is 0 Å². The highest BCUT2D eigenvalue weighted by atomic mass is 127. The minimum Gasteiger partial charge on any atom is -0.271 e. The van der Waals surface area contributed by atoms with Crippen molar-refractivity contribution in [2.75, 3.05) is 0 Å². The Labute approximate surface area is 117 Å². The molecule has 0 amide bonds. The zero-order chi connectivity index (χ0) is 13.1. The maximum Gasteiger partial charge on any atom is 0.131 e. The van der Waals surface area contributed by atoms with Crippen molar-refractivity contribution in [1.82, 2.24) is 5.43 Å². The summed E-state index contributed by atoms with van der Waals surface area (Å²) in [6.07, 6.45) is 0. The fourth-order valence-corrected chi connectivity index (χ4v) is 2.52. The fraction of sp³-hybridized carbons (Fsp3) is 0.0769. The number of hydrogen-bond donors (Lipinski definition) is 2. The summed E-state index contributed by atoms with van der Waals surface area (Å²) in [6, 6.07) is 10.4. The Kier molecular flexibility index (Phi) is 4.26. The van der Waals surface area contributed by atoms with Crippen molar-refractivity contribution in [1.29, 1.82) is 0 Å². The molecule has 0 saturated heterocycles. The molecular weight excluding hydrogens is 349 g/mol. The van der Waals surface area contributed by atoms with Crippen molar-refractivity contribution in [2.24, 2.45) is 5.84 Å². The molecule has 2 aromatic carbocycles. The molecular formula is C13H11F2IN2. The van der Waals surface area contributed by atoms with Crippen molar-refractivity contribution in [3.05, 3.63) is 68.8 Å². The van der Waals surface area contributed by atoms with E-state index < -0.39 is 17.7 Å². The second kappa shape index (κ2) is 5.73. The van der Waals surface area contributed by atoms with Gasteiger partial charge in [0.25, 0.3) is 0 Å². The second-order valence-electron chi connectivity index (χ2n) is 3.76. The molecule has 0 spiro atoms. The first kappa shape index (κ1) is 13.4. The number of halogens is 3. The first-order valence-corrected chi connectivity index (χ1v) is 6.37. The van der Waals surface area contributed by atoms with Crippen LogP contribution in [0.25, 0.3) is 0 Å². The molecule has 0 aromatic heterocycles. The Morgan fingerprint density at radius 3 is 2.17 bits per heavy atom. The van der Waals surface area contributed by atoms with Gasteiger partial charge < -0.3 is 0 Å². The van der Waals surface area contributed by atoms with Gasteiger partial charge in [0.05, 0.1) is 6.04 Å². The van der Waals surface area contributed by atoms with Gasteiger partial charge in [0.2, 0.25) is 0 Å². The topological polar surface area (TPSA) is 38.0 Å². The van der Waals surface area contributed by atoms with Crippen molar-refractivity contribution >= 4 is 22.6 Å². The van der Waals surface area contributed by atoms with E-state index in [4.69, 9.17) is 5.84 Å². The van der Waals surface area contributed by atoms with Crippen LogP contribution < -0.4 is 11.3 Å². The van der Waals surface area contributed by atoms with Crippen molar-refractivity contribution in [3.8, 4) is 0 Å². The Morgan fingerprint density at radius 2 is 1.61 bits per heavy atom. The highest BCUT2D eigenvalue weighted by Gasteiger charge is 2.22. The molecule has 18 heavy (non-hydrogen) atoms. The number of hydrazine groups is 1. The third-order valence-electron chi connectivity index (χ3n) is 2.67. The summed E-state index contributed by atoms with van der Waals surface area (Å²) in [7, 11) is 0. The Morgan fingerprint density at radius 1 is 1.00 bits per heavy atom. The molecule has 0 saturated carbocycles. The molecule has 2 aromatic rings. The van der Waals surface area contributed by atoms with Crippen LogP contribution in [0.1, 0.15) is 17.2 Å². The number of nitrogens with one attached hydrogen (secondary N) is 1. The summed E-state index contributed by atoms with van der Waals surface area (Å²) < 4.78 is 28.4. The third-order valence-corrected chi connectivity index (χ3v) is 3.65. The molecule has 5 heteroatoms. The average Bonchev–Trinajstić information content (AvgIpc) is 2.35. The maximum atomic E-state index is 13.8. The van der Waals surface area contributed by atoms with Gasteiger partial charge in [0.1, 0.15) is 11.6 Å². The zero-order valence-corrected chi connectivity index (χ0v) is 11.5. The molecule has 1 unspecified atom stereocenters. The van der Waals surface area contributed by atoms with Gasteiger partial charge in [-0.2, -0.15) is 0 Å². The van der Waals surface area contributed by atoms with Crippen LogP contribution in [0, 0.1) is 15.2 Å². The Bertz CT molecular complexity index is 540. The van der Waals surface area contributed by atoms with Crippen LogP contribution in [0.5, 0.6) is 0 Å². The first-order chi connectivity index (χ1) is 8.65. The van der Waals surface area contributed by atoms with Gasteiger partial charge in [-0.05, 0) is 46.4 Å². The number of benzene rings is 2. The van der Waals surface area contributed by atoms with Gasteiger partial charge in [0, 0.05) is 9.13 Å². The van der Waals surface area contributed by atoms with Crippen LogP contribution in [-0.2, 0) is 0 Å². The van der Waals surface area contributed by atoms with Crippen molar-refractivity contribution in [3.63, 3.8) is 0 Å². The lowest BCUT2D eigenvalue weighted by Crippen LogP contribution is -2.30. The lowest BCUT2D eigenvalue weighted by atomic mass is 9.98. The van der Waals surface area contributed by atoms with E-state index in [9.17, 15) is 8.78 Å². The Hall–Kier alpha value is -1.05. The summed E-state index contributed by atoms with van der Waals surface area (Å²) in [6.45, 7) is 0. The predicted octanol–water partition coefficient (Wildman–Crippen LogP) is 3.12. The first-order valence-electron chi connectivity index (χ1n) is 5.29. The molecule has 0 aliphatic rings. The van der Waals surface area contributed by atoms with Gasteiger partial charge in [0.15, 0.2) is 0 Å². The van der Waals surface area contributed by atoms with Crippen molar-refractivity contribution < 1.29 is 8.78 Å². The predicted molar refractivity (Wildman–Crippen MR) is 74.7 cm³/mol. The number of nitrogens with two attached hydrogens (primary N) is 1. The van der Waals surface area contributed by atoms with E-state index >= 15 is 0 Å². The van der Waals surface area contributed by atoms with Crippen LogP contribution in [0.15, 0.2) is 42.5 Å². The summed E-state index contributed by atoms with van der Waals surface area (Å²) in [5, 5.41) is 0. The molecule has 0 radical (unpaired) electrons. The van der Waals surface area contributed by atoms with Crippen LogP contribution in [0.2, 0.25) is 0 Å². The number of hydrogen-bond acceptors (Lipinski definition) is 2. The van der Waals surface area contributed by atoms with E-state index in [1.165, 1.54) is 18.2 Å². The molecule has 1 atom stereocenters. The molecule has 0 aliphatic heterocycles. The van der Waals surface area contributed by atoms with Crippen LogP contribution in [0.4, 0.5) is 8.78 Å². The summed E-state index contributed by atoms with van der Waals surface area (Å²) in [4.78, 5) is 0. The van der Waals surface area contributed by atoms with Crippen LogP contribution in [0.3, 0.4) is 0 Å². The Balaban J connectivity index is 2.56. The van der Waals surface area contributed by atoms with E-state index in [1.54, 1.807) is 12.1 Å². The van der Waals surface area contributed by atoms with Crippen LogP contribution >= 0.6 is 22.6 Å². The minimum atomic E-state index is -0.709. The largest absolute Gasteiger partial charge is 0.271 e. The summed E-state index contributed by atoms with van der Waals surface area (Å²) >= 11 is 2.11. The standard InChI is InChI=1S/C13H11F2IN2/c14-9-5-3-6-10(15)12(9)13(18-17)8-4-1-2-7-11(8)16/h1-7,13,18H,17H2. The van der Waals surface area contributed by atoms with E-state index in [1.807, 2.05) is 12.1 Å². The third kappa shape index (κ3) is 2.52. The number of rotatable bonds is 3. The zero-order valence-electron chi connectivity index (χ0n) is 9.33. The van der Waals surface area contributed by atoms with Gasteiger partial charge in [-0.3, -0.25) is 5.84 Å². The minimum absolute atomic E-state index is 0.0656. The molecule has 2 nitrogen and oxygen atoms in total. The highest BCUT2D eigenvalue weighted by molar-refractivity contribution is 14.1. The molecule has 0 heterocycles. The lowest BCUT2D eigenvalue weighted by molar-refractivity contribution is 0.510. The fourth-order valence-electron chi connectivity index (χ4n) is 1.82.